The van der Waals surface area contributed by atoms with Crippen LogP contribution in [0.4, 0.5) is 0 Å². The molecule has 0 aliphatic heterocycles. The normalized spacial score (nSPS) is 14.8. The second kappa shape index (κ2) is 4.59. The van der Waals surface area contributed by atoms with Gasteiger partial charge in [-0.25, -0.2) is 4.98 Å². The van der Waals surface area contributed by atoms with Crippen molar-refractivity contribution < 1.29 is 0 Å². The van der Waals surface area contributed by atoms with Crippen LogP contribution in [0, 0.1) is 0 Å². The molecule has 2 aromatic rings. The molecule has 1 fully saturated rings. The third-order valence-corrected chi connectivity index (χ3v) is 4.03. The summed E-state index contributed by atoms with van der Waals surface area (Å²) in [5.74, 6) is 0.986. The summed E-state index contributed by atoms with van der Waals surface area (Å²) in [6.45, 7) is 0. The Labute approximate surface area is 120 Å². The highest BCUT2D eigenvalue weighted by Crippen LogP contribution is 2.41. The molecule has 3 rings (SSSR count). The topological polar surface area (TPSA) is 58.6 Å². The molecule has 92 valence electrons. The lowest BCUT2D eigenvalue weighted by Gasteiger charge is -2.05. The largest absolute Gasteiger partial charge is 0.305 e. The minimum absolute atomic E-state index is 0.137. The van der Waals surface area contributed by atoms with Gasteiger partial charge in [0.25, 0.3) is 5.56 Å². The van der Waals surface area contributed by atoms with Gasteiger partial charge in [0.1, 0.15) is 10.3 Å². The summed E-state index contributed by atoms with van der Waals surface area (Å²) in [7, 11) is 0. The second-order valence-electron chi connectivity index (χ2n) is 4.28. The molecule has 0 saturated heterocycles. The SMILES string of the molecule is O=c1[nH]c(-c2cncc(Br)c2)nc(C2CC2)c1Br. The maximum absolute atomic E-state index is 11.9. The van der Waals surface area contributed by atoms with Crippen molar-refractivity contribution in [2.45, 2.75) is 18.8 Å². The van der Waals surface area contributed by atoms with Crippen molar-refractivity contribution in [2.24, 2.45) is 0 Å². The predicted octanol–water partition coefficient (Wildman–Crippen LogP) is 3.23. The third-order valence-electron chi connectivity index (χ3n) is 2.83. The van der Waals surface area contributed by atoms with Gasteiger partial charge >= 0.3 is 0 Å². The molecular weight excluding hydrogens is 362 g/mol. The zero-order chi connectivity index (χ0) is 12.7. The average Bonchev–Trinajstić information content (AvgIpc) is 3.16. The fourth-order valence-electron chi connectivity index (χ4n) is 1.78. The first-order chi connectivity index (χ1) is 8.65. The molecule has 0 unspecified atom stereocenters. The van der Waals surface area contributed by atoms with Gasteiger partial charge in [-0.1, -0.05) is 0 Å². The molecule has 0 bridgehead atoms. The molecule has 6 heteroatoms. The zero-order valence-electron chi connectivity index (χ0n) is 9.28. The lowest BCUT2D eigenvalue weighted by atomic mass is 10.2. The second-order valence-corrected chi connectivity index (χ2v) is 5.99. The van der Waals surface area contributed by atoms with E-state index in [1.165, 1.54) is 0 Å². The van der Waals surface area contributed by atoms with Crippen molar-refractivity contribution >= 4 is 31.9 Å². The van der Waals surface area contributed by atoms with Crippen LogP contribution in [0.3, 0.4) is 0 Å². The number of aromatic nitrogens is 3. The van der Waals surface area contributed by atoms with E-state index in [9.17, 15) is 4.79 Å². The fraction of sp³-hybridized carbons (Fsp3) is 0.250. The van der Waals surface area contributed by atoms with E-state index in [2.05, 4.69) is 46.8 Å². The van der Waals surface area contributed by atoms with Crippen molar-refractivity contribution in [2.75, 3.05) is 0 Å². The Bertz CT molecular complexity index is 665. The molecule has 0 spiro atoms. The van der Waals surface area contributed by atoms with E-state index in [0.29, 0.717) is 16.2 Å². The summed E-state index contributed by atoms with van der Waals surface area (Å²) in [4.78, 5) is 23.3. The highest BCUT2D eigenvalue weighted by Gasteiger charge is 2.29. The van der Waals surface area contributed by atoms with Crippen LogP contribution in [0.2, 0.25) is 0 Å². The van der Waals surface area contributed by atoms with Crippen molar-refractivity contribution in [1.82, 2.24) is 15.0 Å². The minimum atomic E-state index is -0.137. The molecule has 2 heterocycles. The van der Waals surface area contributed by atoms with Crippen LogP contribution in [0.5, 0.6) is 0 Å². The number of H-pyrrole nitrogens is 1. The number of nitrogens with zero attached hydrogens (tertiary/aromatic N) is 2. The van der Waals surface area contributed by atoms with E-state index in [1.807, 2.05) is 6.07 Å². The van der Waals surface area contributed by atoms with E-state index in [0.717, 1.165) is 28.6 Å². The van der Waals surface area contributed by atoms with Crippen LogP contribution < -0.4 is 5.56 Å². The molecule has 1 N–H and O–H groups in total. The monoisotopic (exact) mass is 369 g/mol. The van der Waals surface area contributed by atoms with Crippen LogP contribution in [-0.4, -0.2) is 15.0 Å². The first-order valence-electron chi connectivity index (χ1n) is 5.56. The number of pyridine rings is 1. The zero-order valence-corrected chi connectivity index (χ0v) is 12.5. The summed E-state index contributed by atoms with van der Waals surface area (Å²) >= 11 is 6.67. The summed E-state index contributed by atoms with van der Waals surface area (Å²) in [5.41, 5.74) is 1.52. The van der Waals surface area contributed by atoms with Gasteiger partial charge in [0.15, 0.2) is 0 Å². The third kappa shape index (κ3) is 2.27. The smallest absolute Gasteiger partial charge is 0.265 e. The van der Waals surface area contributed by atoms with Gasteiger partial charge in [0.2, 0.25) is 0 Å². The first kappa shape index (κ1) is 12.0. The Morgan fingerprint density at radius 2 is 2.06 bits per heavy atom. The van der Waals surface area contributed by atoms with Gasteiger partial charge in [-0.2, -0.15) is 0 Å². The maximum atomic E-state index is 11.9. The summed E-state index contributed by atoms with van der Waals surface area (Å²) in [6.07, 6.45) is 5.59. The Morgan fingerprint density at radius 3 is 2.72 bits per heavy atom. The fourth-order valence-corrected chi connectivity index (χ4v) is 2.66. The van der Waals surface area contributed by atoms with E-state index in [-0.39, 0.29) is 5.56 Å². The minimum Gasteiger partial charge on any atom is -0.305 e. The van der Waals surface area contributed by atoms with Crippen LogP contribution in [-0.2, 0) is 0 Å². The summed E-state index contributed by atoms with van der Waals surface area (Å²) in [5, 5.41) is 0. The van der Waals surface area contributed by atoms with Crippen molar-refractivity contribution in [3.05, 3.63) is 43.5 Å². The van der Waals surface area contributed by atoms with E-state index >= 15 is 0 Å². The van der Waals surface area contributed by atoms with Gasteiger partial charge in [0.05, 0.1) is 5.69 Å². The number of halogens is 2. The molecule has 18 heavy (non-hydrogen) atoms. The number of rotatable bonds is 2. The van der Waals surface area contributed by atoms with E-state index in [1.54, 1.807) is 12.4 Å². The molecule has 1 aliphatic carbocycles. The van der Waals surface area contributed by atoms with Gasteiger partial charge in [0, 0.05) is 28.3 Å². The molecular formula is C12H9Br2N3O. The number of hydrogen-bond donors (Lipinski definition) is 1. The Kier molecular flexibility index (Phi) is 3.07. The molecule has 1 saturated carbocycles. The van der Waals surface area contributed by atoms with Crippen LogP contribution in [0.1, 0.15) is 24.5 Å². The molecule has 1 aliphatic rings. The van der Waals surface area contributed by atoms with Gasteiger partial charge < -0.3 is 4.98 Å². The van der Waals surface area contributed by atoms with Crippen molar-refractivity contribution in [3.63, 3.8) is 0 Å². The van der Waals surface area contributed by atoms with Crippen LogP contribution in [0.25, 0.3) is 11.4 Å². The predicted molar refractivity (Wildman–Crippen MR) is 75.5 cm³/mol. The average molecular weight is 371 g/mol. The summed E-state index contributed by atoms with van der Waals surface area (Å²) < 4.78 is 1.41. The Balaban J connectivity index is 2.15. The molecule has 2 aromatic heterocycles. The van der Waals surface area contributed by atoms with E-state index < -0.39 is 0 Å². The van der Waals surface area contributed by atoms with Crippen LogP contribution in [0.15, 0.2) is 32.2 Å². The van der Waals surface area contributed by atoms with E-state index in [4.69, 9.17) is 0 Å². The Morgan fingerprint density at radius 1 is 1.28 bits per heavy atom. The molecule has 4 nitrogen and oxygen atoms in total. The number of hydrogen-bond acceptors (Lipinski definition) is 3. The lowest BCUT2D eigenvalue weighted by molar-refractivity contribution is 0.958. The molecule has 0 atom stereocenters. The number of aromatic amines is 1. The first-order valence-corrected chi connectivity index (χ1v) is 7.14. The maximum Gasteiger partial charge on any atom is 0.265 e. The lowest BCUT2D eigenvalue weighted by Crippen LogP contribution is -2.13. The highest BCUT2D eigenvalue weighted by molar-refractivity contribution is 9.10. The van der Waals surface area contributed by atoms with Gasteiger partial charge in [-0.3, -0.25) is 9.78 Å². The molecule has 0 aromatic carbocycles. The van der Waals surface area contributed by atoms with Crippen molar-refractivity contribution in [1.29, 1.82) is 0 Å². The van der Waals surface area contributed by atoms with Gasteiger partial charge in [-0.05, 0) is 50.8 Å². The van der Waals surface area contributed by atoms with Crippen LogP contribution >= 0.6 is 31.9 Å². The highest BCUT2D eigenvalue weighted by atomic mass is 79.9. The summed E-state index contributed by atoms with van der Waals surface area (Å²) in [6, 6.07) is 1.88. The Hall–Kier alpha value is -1.01. The standard InChI is InChI=1S/C12H9Br2N3O/c13-8-3-7(4-15-5-8)11-16-10(6-1-2-6)9(14)12(18)17-11/h3-6H,1-2H2,(H,16,17,18). The molecule has 0 amide bonds. The van der Waals surface area contributed by atoms with Gasteiger partial charge in [-0.15, -0.1) is 0 Å². The quantitative estimate of drug-likeness (QED) is 0.882. The number of nitrogens with one attached hydrogen (secondary N) is 1. The van der Waals surface area contributed by atoms with Crippen molar-refractivity contribution in [3.8, 4) is 11.4 Å². The molecule has 0 radical (unpaired) electrons.